The van der Waals surface area contributed by atoms with Gasteiger partial charge >= 0.3 is 6.18 Å². The number of piperidine rings is 1. The number of nitrogens with one attached hydrogen (secondary N) is 1. The van der Waals surface area contributed by atoms with Gasteiger partial charge in [0.05, 0.1) is 10.5 Å². The van der Waals surface area contributed by atoms with Crippen LogP contribution in [0, 0.1) is 16.0 Å². The van der Waals surface area contributed by atoms with Crippen LogP contribution >= 0.6 is 0 Å². The fraction of sp³-hybridized carbons (Fsp3) is 0.409. The zero-order valence-corrected chi connectivity index (χ0v) is 17.3. The van der Waals surface area contributed by atoms with Gasteiger partial charge in [-0.2, -0.15) is 13.2 Å². The van der Waals surface area contributed by atoms with Crippen LogP contribution in [0.4, 0.5) is 30.2 Å². The Balaban J connectivity index is 1.70. The molecule has 2 aromatic carbocycles. The summed E-state index contributed by atoms with van der Waals surface area (Å²) in [5, 5.41) is 14.3. The molecule has 2 aromatic rings. The van der Waals surface area contributed by atoms with Crippen molar-refractivity contribution in [2.75, 3.05) is 23.3 Å². The van der Waals surface area contributed by atoms with Gasteiger partial charge in [0.2, 0.25) is 5.91 Å². The van der Waals surface area contributed by atoms with Gasteiger partial charge < -0.3 is 10.2 Å². The molecule has 0 saturated carbocycles. The molecule has 1 aliphatic rings. The number of hydrogen-bond donors (Lipinski definition) is 1. The van der Waals surface area contributed by atoms with Crippen molar-refractivity contribution >= 4 is 23.0 Å². The molecule has 0 radical (unpaired) electrons. The topological polar surface area (TPSA) is 75.5 Å². The van der Waals surface area contributed by atoms with Crippen molar-refractivity contribution in [3.8, 4) is 0 Å². The van der Waals surface area contributed by atoms with E-state index in [1.54, 1.807) is 4.90 Å². The van der Waals surface area contributed by atoms with Gasteiger partial charge in [-0.15, -0.1) is 0 Å². The van der Waals surface area contributed by atoms with Crippen LogP contribution in [-0.2, 0) is 11.0 Å². The average Bonchev–Trinajstić information content (AvgIpc) is 2.73. The molecule has 3 rings (SSSR count). The Morgan fingerprint density at radius 3 is 2.39 bits per heavy atom. The summed E-state index contributed by atoms with van der Waals surface area (Å²) in [5.41, 5.74) is 0.309. The molecule has 1 aliphatic heterocycles. The van der Waals surface area contributed by atoms with E-state index >= 15 is 0 Å². The molecule has 1 fully saturated rings. The number of halogens is 3. The van der Waals surface area contributed by atoms with Gasteiger partial charge in [0.25, 0.3) is 5.69 Å². The summed E-state index contributed by atoms with van der Waals surface area (Å²) in [5.74, 6) is -0.141. The van der Waals surface area contributed by atoms with Gasteiger partial charge in [-0.1, -0.05) is 32.0 Å². The molecule has 6 nitrogen and oxygen atoms in total. The molecule has 1 N–H and O–H groups in total. The van der Waals surface area contributed by atoms with Crippen LogP contribution in [0.5, 0.6) is 0 Å². The zero-order chi connectivity index (χ0) is 22.8. The normalized spacial score (nSPS) is 15.2. The number of nitrogens with zero attached hydrogens (tertiary/aromatic N) is 2. The Bertz CT molecular complexity index is 968. The maximum atomic E-state index is 12.9. The third-order valence-electron chi connectivity index (χ3n) is 5.55. The SMILES string of the molecule is CC(C)c1ccccc1NC(=O)C1CCN(c2ccc(C(F)(F)F)cc2[N+](=O)[O-])CC1. The second-order valence-corrected chi connectivity index (χ2v) is 7.95. The van der Waals surface area contributed by atoms with Gasteiger partial charge in [-0.05, 0) is 42.5 Å². The minimum Gasteiger partial charge on any atom is -0.366 e. The van der Waals surface area contributed by atoms with Crippen LogP contribution in [0.25, 0.3) is 0 Å². The predicted octanol–water partition coefficient (Wildman–Crippen LogP) is 5.59. The minimum atomic E-state index is -4.65. The molecule has 31 heavy (non-hydrogen) atoms. The molecule has 0 spiro atoms. The summed E-state index contributed by atoms with van der Waals surface area (Å²) in [6, 6.07) is 10.1. The first kappa shape index (κ1) is 22.6. The lowest BCUT2D eigenvalue weighted by molar-refractivity contribution is -0.384. The molecule has 1 heterocycles. The van der Waals surface area contributed by atoms with E-state index in [1.165, 1.54) is 0 Å². The first-order valence-corrected chi connectivity index (χ1v) is 10.1. The summed E-state index contributed by atoms with van der Waals surface area (Å²) in [6.07, 6.45) is -3.75. The number of nitro benzene ring substituents is 1. The molecule has 0 aliphatic carbocycles. The van der Waals surface area contributed by atoms with Gasteiger partial charge in [0.1, 0.15) is 5.69 Å². The van der Waals surface area contributed by atoms with Crippen LogP contribution in [-0.4, -0.2) is 23.9 Å². The molecular formula is C22H24F3N3O3. The van der Waals surface area contributed by atoms with Crippen molar-refractivity contribution in [1.82, 2.24) is 0 Å². The molecule has 1 saturated heterocycles. The number of para-hydroxylation sites is 1. The van der Waals surface area contributed by atoms with E-state index in [0.29, 0.717) is 32.0 Å². The van der Waals surface area contributed by atoms with E-state index in [-0.39, 0.29) is 23.4 Å². The Kier molecular flexibility index (Phi) is 6.52. The van der Waals surface area contributed by atoms with Gasteiger partial charge in [0, 0.05) is 30.8 Å². The highest BCUT2D eigenvalue weighted by Crippen LogP contribution is 2.38. The number of carbonyl (C=O) groups excluding carboxylic acids is 1. The van der Waals surface area contributed by atoms with Crippen molar-refractivity contribution in [2.24, 2.45) is 5.92 Å². The molecule has 0 bridgehead atoms. The van der Waals surface area contributed by atoms with Crippen LogP contribution in [0.2, 0.25) is 0 Å². The quantitative estimate of drug-likeness (QED) is 0.491. The van der Waals surface area contributed by atoms with E-state index in [4.69, 9.17) is 0 Å². The number of hydrogen-bond acceptors (Lipinski definition) is 4. The Morgan fingerprint density at radius 1 is 1.16 bits per heavy atom. The number of amides is 1. The fourth-order valence-electron chi connectivity index (χ4n) is 3.85. The third-order valence-corrected chi connectivity index (χ3v) is 5.55. The fourth-order valence-corrected chi connectivity index (χ4v) is 3.85. The van der Waals surface area contributed by atoms with Gasteiger partial charge in [-0.3, -0.25) is 14.9 Å². The van der Waals surface area contributed by atoms with Crippen molar-refractivity contribution in [2.45, 2.75) is 38.8 Å². The maximum Gasteiger partial charge on any atom is 0.416 e. The van der Waals surface area contributed by atoms with Crippen molar-refractivity contribution < 1.29 is 22.9 Å². The van der Waals surface area contributed by atoms with Crippen molar-refractivity contribution in [3.63, 3.8) is 0 Å². The lowest BCUT2D eigenvalue weighted by Gasteiger charge is -2.33. The van der Waals surface area contributed by atoms with E-state index in [0.717, 1.165) is 23.4 Å². The molecule has 0 atom stereocenters. The number of rotatable bonds is 5. The molecule has 9 heteroatoms. The number of alkyl halides is 3. The highest BCUT2D eigenvalue weighted by molar-refractivity contribution is 5.93. The standard InChI is InChI=1S/C22H24F3N3O3/c1-14(2)17-5-3-4-6-18(17)26-21(29)15-9-11-27(12-10-15)19-8-7-16(22(23,24)25)13-20(19)28(30)31/h3-8,13-15H,9-12H2,1-2H3,(H,26,29). The molecule has 0 unspecified atom stereocenters. The maximum absolute atomic E-state index is 12.9. The monoisotopic (exact) mass is 435 g/mol. The lowest BCUT2D eigenvalue weighted by atomic mass is 9.94. The number of benzene rings is 2. The smallest absolute Gasteiger partial charge is 0.366 e. The lowest BCUT2D eigenvalue weighted by Crippen LogP contribution is -2.38. The molecular weight excluding hydrogens is 411 g/mol. The van der Waals surface area contributed by atoms with Crippen LogP contribution < -0.4 is 10.2 Å². The van der Waals surface area contributed by atoms with Crippen molar-refractivity contribution in [1.29, 1.82) is 0 Å². The summed E-state index contributed by atoms with van der Waals surface area (Å²) in [4.78, 5) is 25.0. The summed E-state index contributed by atoms with van der Waals surface area (Å²) in [6.45, 7) is 4.77. The summed E-state index contributed by atoms with van der Waals surface area (Å²) < 4.78 is 38.8. The van der Waals surface area contributed by atoms with Crippen LogP contribution in [0.15, 0.2) is 42.5 Å². The number of carbonyl (C=O) groups is 1. The zero-order valence-electron chi connectivity index (χ0n) is 17.3. The highest BCUT2D eigenvalue weighted by atomic mass is 19.4. The minimum absolute atomic E-state index is 0.116. The number of anilines is 2. The van der Waals surface area contributed by atoms with Crippen molar-refractivity contribution in [3.05, 3.63) is 63.7 Å². The third kappa shape index (κ3) is 5.15. The molecule has 166 valence electrons. The van der Waals surface area contributed by atoms with Crippen LogP contribution in [0.1, 0.15) is 43.7 Å². The van der Waals surface area contributed by atoms with Gasteiger partial charge in [-0.25, -0.2) is 0 Å². The Labute approximate surface area is 178 Å². The van der Waals surface area contributed by atoms with E-state index in [9.17, 15) is 28.1 Å². The van der Waals surface area contributed by atoms with E-state index in [1.807, 2.05) is 38.1 Å². The first-order chi connectivity index (χ1) is 14.6. The van der Waals surface area contributed by atoms with Gasteiger partial charge in [0.15, 0.2) is 0 Å². The largest absolute Gasteiger partial charge is 0.416 e. The summed E-state index contributed by atoms with van der Waals surface area (Å²) >= 11 is 0. The Hall–Kier alpha value is -3.10. The molecule has 1 amide bonds. The first-order valence-electron chi connectivity index (χ1n) is 10.1. The van der Waals surface area contributed by atoms with E-state index in [2.05, 4.69) is 5.32 Å². The average molecular weight is 435 g/mol. The highest BCUT2D eigenvalue weighted by Gasteiger charge is 2.35. The summed E-state index contributed by atoms with van der Waals surface area (Å²) in [7, 11) is 0. The molecule has 0 aromatic heterocycles. The van der Waals surface area contributed by atoms with Crippen LogP contribution in [0.3, 0.4) is 0 Å². The second kappa shape index (κ2) is 8.95. The second-order valence-electron chi connectivity index (χ2n) is 7.95. The Morgan fingerprint density at radius 2 is 1.81 bits per heavy atom. The predicted molar refractivity (Wildman–Crippen MR) is 112 cm³/mol. The number of nitro groups is 1. The van der Waals surface area contributed by atoms with E-state index < -0.39 is 22.4 Å².